The summed E-state index contributed by atoms with van der Waals surface area (Å²) in [6.45, 7) is 0. The Labute approximate surface area is 68.1 Å². The van der Waals surface area contributed by atoms with E-state index in [1.807, 2.05) is 5.38 Å². The van der Waals surface area contributed by atoms with Crippen LogP contribution in [-0.2, 0) is 0 Å². The predicted octanol–water partition coefficient (Wildman–Crippen LogP) is 1.01. The Morgan fingerprint density at radius 1 is 1.00 bits per heavy atom. The second-order valence-electron chi connectivity index (χ2n) is 1.49. The molecule has 0 saturated heterocycles. The highest BCUT2D eigenvalue weighted by atomic mass is 32.1. The van der Waals surface area contributed by atoms with Crippen molar-refractivity contribution in [2.45, 2.75) is 0 Å². The van der Waals surface area contributed by atoms with Crippen LogP contribution in [0, 0.1) is 0 Å². The van der Waals surface area contributed by atoms with Crippen LogP contribution in [0.15, 0.2) is 36.4 Å². The van der Waals surface area contributed by atoms with Gasteiger partial charge in [-0.2, -0.15) is 0 Å². The molecule has 0 unspecified atom stereocenters. The van der Waals surface area contributed by atoms with E-state index in [4.69, 9.17) is 0 Å². The van der Waals surface area contributed by atoms with Gasteiger partial charge in [-0.05, 0) is 17.6 Å². The van der Waals surface area contributed by atoms with Crippen molar-refractivity contribution in [3.8, 4) is 0 Å². The Balaban J connectivity index is 0.000000112. The van der Waals surface area contributed by atoms with E-state index in [9.17, 15) is 0 Å². The lowest BCUT2D eigenvalue weighted by molar-refractivity contribution is 1.16. The SMILES string of the molecule is c1cncnc1.c1csnn1. The van der Waals surface area contributed by atoms with E-state index in [1.54, 1.807) is 24.7 Å². The van der Waals surface area contributed by atoms with Gasteiger partial charge in [0.1, 0.15) is 6.33 Å². The first-order valence-electron chi connectivity index (χ1n) is 2.91. The molecule has 0 radical (unpaired) electrons. The molecule has 0 N–H and O–H groups in total. The van der Waals surface area contributed by atoms with Crippen molar-refractivity contribution < 1.29 is 0 Å². The molecule has 56 valence electrons. The van der Waals surface area contributed by atoms with E-state index in [2.05, 4.69) is 19.6 Å². The maximum absolute atomic E-state index is 3.67. The fourth-order valence-corrected chi connectivity index (χ4v) is 0.662. The first kappa shape index (κ1) is 7.74. The van der Waals surface area contributed by atoms with Crippen molar-refractivity contribution in [3.05, 3.63) is 36.4 Å². The molecule has 0 bridgehead atoms. The molecule has 0 fully saturated rings. The van der Waals surface area contributed by atoms with Crippen molar-refractivity contribution in [1.29, 1.82) is 0 Å². The maximum Gasteiger partial charge on any atom is 0.115 e. The van der Waals surface area contributed by atoms with Gasteiger partial charge in [-0.3, -0.25) is 0 Å². The summed E-state index contributed by atoms with van der Waals surface area (Å²) in [5.74, 6) is 0. The van der Waals surface area contributed by atoms with Crippen LogP contribution in [0.4, 0.5) is 0 Å². The van der Waals surface area contributed by atoms with Crippen LogP contribution < -0.4 is 0 Å². The summed E-state index contributed by atoms with van der Waals surface area (Å²) in [7, 11) is 0. The van der Waals surface area contributed by atoms with Crippen LogP contribution in [0.2, 0.25) is 0 Å². The van der Waals surface area contributed by atoms with Crippen molar-refractivity contribution >= 4 is 11.5 Å². The molecule has 4 nitrogen and oxygen atoms in total. The van der Waals surface area contributed by atoms with Gasteiger partial charge in [-0.1, -0.05) is 4.49 Å². The summed E-state index contributed by atoms with van der Waals surface area (Å²) >= 11 is 1.35. The van der Waals surface area contributed by atoms with Crippen LogP contribution >= 0.6 is 11.5 Å². The predicted molar refractivity (Wildman–Crippen MR) is 41.9 cm³/mol. The molecular formula is C6H6N4S. The fourth-order valence-electron chi connectivity index (χ4n) is 0.389. The monoisotopic (exact) mass is 166 g/mol. The number of rotatable bonds is 0. The van der Waals surface area contributed by atoms with E-state index in [-0.39, 0.29) is 0 Å². The largest absolute Gasteiger partial charge is 0.245 e. The van der Waals surface area contributed by atoms with Crippen LogP contribution in [0.1, 0.15) is 0 Å². The smallest absolute Gasteiger partial charge is 0.115 e. The van der Waals surface area contributed by atoms with Crippen LogP contribution in [0.25, 0.3) is 0 Å². The Kier molecular flexibility index (Phi) is 3.82. The summed E-state index contributed by atoms with van der Waals surface area (Å²) in [6.07, 6.45) is 6.53. The second-order valence-corrected chi connectivity index (χ2v) is 2.14. The number of hydrogen-bond donors (Lipinski definition) is 0. The molecule has 2 heterocycles. The number of aromatic nitrogens is 4. The number of nitrogens with zero attached hydrogens (tertiary/aromatic N) is 4. The van der Waals surface area contributed by atoms with Crippen molar-refractivity contribution in [2.75, 3.05) is 0 Å². The lowest BCUT2D eigenvalue weighted by Gasteiger charge is -1.70. The van der Waals surface area contributed by atoms with E-state index >= 15 is 0 Å². The van der Waals surface area contributed by atoms with Crippen molar-refractivity contribution in [1.82, 2.24) is 19.6 Å². The van der Waals surface area contributed by atoms with E-state index in [0.717, 1.165) is 0 Å². The quantitative estimate of drug-likeness (QED) is 0.586. The zero-order valence-electron chi connectivity index (χ0n) is 5.66. The Morgan fingerprint density at radius 3 is 2.00 bits per heavy atom. The summed E-state index contributed by atoms with van der Waals surface area (Å²) in [5, 5.41) is 5.31. The molecular weight excluding hydrogens is 160 g/mol. The lowest BCUT2D eigenvalue weighted by atomic mass is 10.7. The van der Waals surface area contributed by atoms with E-state index in [0.29, 0.717) is 0 Å². The average molecular weight is 166 g/mol. The van der Waals surface area contributed by atoms with Gasteiger partial charge < -0.3 is 0 Å². The molecule has 0 aromatic carbocycles. The fraction of sp³-hybridized carbons (Fsp3) is 0. The standard InChI is InChI=1S/C4H4N2.C2H2N2S/c1-2-5-4-6-3-1;1-2-5-4-3-1/h1-4H;1-2H. The van der Waals surface area contributed by atoms with Crippen LogP contribution in [0.5, 0.6) is 0 Å². The minimum absolute atomic E-state index is 1.35. The van der Waals surface area contributed by atoms with Gasteiger partial charge >= 0.3 is 0 Å². The molecule has 0 aliphatic carbocycles. The zero-order chi connectivity index (χ0) is 7.78. The van der Waals surface area contributed by atoms with Gasteiger partial charge in [0, 0.05) is 17.8 Å². The minimum atomic E-state index is 1.35. The summed E-state index contributed by atoms with van der Waals surface area (Å²) in [5.41, 5.74) is 0. The molecule has 0 aliphatic rings. The van der Waals surface area contributed by atoms with E-state index in [1.165, 1.54) is 17.9 Å². The molecule has 0 amide bonds. The molecule has 2 rings (SSSR count). The summed E-state index contributed by atoms with van der Waals surface area (Å²) in [6, 6.07) is 1.78. The molecule has 5 heteroatoms. The highest BCUT2D eigenvalue weighted by molar-refractivity contribution is 7.03. The van der Waals surface area contributed by atoms with Gasteiger partial charge in [0.15, 0.2) is 0 Å². The highest BCUT2D eigenvalue weighted by Gasteiger charge is 1.61. The molecule has 0 spiro atoms. The third-order valence-electron chi connectivity index (χ3n) is 0.760. The minimum Gasteiger partial charge on any atom is -0.245 e. The molecule has 2 aromatic rings. The first-order chi connectivity index (χ1) is 5.50. The third-order valence-corrected chi connectivity index (χ3v) is 1.19. The van der Waals surface area contributed by atoms with Gasteiger partial charge in [0.25, 0.3) is 0 Å². The maximum atomic E-state index is 3.67. The first-order valence-corrected chi connectivity index (χ1v) is 3.75. The third kappa shape index (κ3) is 4.10. The molecule has 0 atom stereocenters. The Morgan fingerprint density at radius 2 is 1.82 bits per heavy atom. The Hall–Kier alpha value is -1.36. The van der Waals surface area contributed by atoms with Crippen molar-refractivity contribution in [2.24, 2.45) is 0 Å². The molecule has 2 aromatic heterocycles. The van der Waals surface area contributed by atoms with Gasteiger partial charge in [-0.25, -0.2) is 9.97 Å². The van der Waals surface area contributed by atoms with Crippen LogP contribution in [-0.4, -0.2) is 19.6 Å². The van der Waals surface area contributed by atoms with E-state index < -0.39 is 0 Å². The summed E-state index contributed by atoms with van der Waals surface area (Å²) < 4.78 is 3.51. The molecule has 0 aliphatic heterocycles. The summed E-state index contributed by atoms with van der Waals surface area (Å²) in [4.78, 5) is 7.35. The van der Waals surface area contributed by atoms with Crippen molar-refractivity contribution in [3.63, 3.8) is 0 Å². The number of hydrogen-bond acceptors (Lipinski definition) is 5. The lowest BCUT2D eigenvalue weighted by Crippen LogP contribution is -1.66. The van der Waals surface area contributed by atoms with Gasteiger partial charge in [0.2, 0.25) is 0 Å². The highest BCUT2D eigenvalue weighted by Crippen LogP contribution is 1.78. The van der Waals surface area contributed by atoms with Gasteiger partial charge in [-0.15, -0.1) is 5.10 Å². The molecule has 11 heavy (non-hydrogen) atoms. The second kappa shape index (κ2) is 5.43. The topological polar surface area (TPSA) is 51.6 Å². The van der Waals surface area contributed by atoms with Gasteiger partial charge in [0.05, 0.1) is 6.20 Å². The normalized spacial score (nSPS) is 8.00. The Bertz CT molecular complexity index is 200. The van der Waals surface area contributed by atoms with Crippen LogP contribution in [0.3, 0.4) is 0 Å². The average Bonchev–Trinajstić information content (AvgIpc) is 2.64. The molecule has 0 saturated carbocycles. The zero-order valence-corrected chi connectivity index (χ0v) is 6.48.